The van der Waals surface area contributed by atoms with Gasteiger partial charge >= 0.3 is 0 Å². The van der Waals surface area contributed by atoms with Gasteiger partial charge in [0, 0.05) is 49.7 Å². The number of nitrogens with zero attached hydrogens (tertiary/aromatic N) is 2. The Morgan fingerprint density at radius 2 is 2.04 bits per heavy atom. The highest BCUT2D eigenvalue weighted by Gasteiger charge is 2.20. The van der Waals surface area contributed by atoms with E-state index in [0.29, 0.717) is 19.1 Å². The van der Waals surface area contributed by atoms with Crippen molar-refractivity contribution >= 4 is 21.9 Å². The molecule has 0 radical (unpaired) electrons. The number of likely N-dealkylation sites (tertiary alicyclic amines) is 1. The van der Waals surface area contributed by atoms with E-state index in [0.717, 1.165) is 55.1 Å². The molecule has 2 heterocycles. The lowest BCUT2D eigenvalue weighted by Gasteiger charge is -2.33. The summed E-state index contributed by atoms with van der Waals surface area (Å²) in [5, 5.41) is 6.92. The van der Waals surface area contributed by atoms with Gasteiger partial charge in [0.1, 0.15) is 5.76 Å². The maximum absolute atomic E-state index is 5.38. The van der Waals surface area contributed by atoms with Crippen molar-refractivity contribution in [3.05, 3.63) is 71.1 Å². The summed E-state index contributed by atoms with van der Waals surface area (Å²) in [5.41, 5.74) is 1.36. The molecular weight excluding hydrogens is 416 g/mol. The molecule has 0 amide bonds. The molecule has 28 heavy (non-hydrogen) atoms. The van der Waals surface area contributed by atoms with Crippen molar-refractivity contribution < 1.29 is 4.42 Å². The van der Waals surface area contributed by atoms with E-state index in [1.54, 1.807) is 6.26 Å². The molecule has 2 N–H and O–H groups in total. The van der Waals surface area contributed by atoms with Gasteiger partial charge in [0.25, 0.3) is 0 Å². The maximum Gasteiger partial charge on any atom is 0.191 e. The van der Waals surface area contributed by atoms with E-state index < -0.39 is 0 Å². The molecule has 0 unspecified atom stereocenters. The molecule has 1 saturated heterocycles. The maximum atomic E-state index is 5.38. The zero-order valence-corrected chi connectivity index (χ0v) is 17.8. The first-order valence-corrected chi connectivity index (χ1v) is 10.7. The van der Waals surface area contributed by atoms with E-state index in [9.17, 15) is 0 Å². The average molecular weight is 445 g/mol. The van der Waals surface area contributed by atoms with Crippen LogP contribution in [0.15, 0.2) is 69.2 Å². The van der Waals surface area contributed by atoms with Crippen LogP contribution < -0.4 is 10.6 Å². The summed E-state index contributed by atoms with van der Waals surface area (Å²) < 4.78 is 6.51. The lowest BCUT2D eigenvalue weighted by molar-refractivity contribution is 0.198. The minimum Gasteiger partial charge on any atom is -0.469 e. The van der Waals surface area contributed by atoms with E-state index in [1.165, 1.54) is 5.56 Å². The highest BCUT2D eigenvalue weighted by Crippen LogP contribution is 2.16. The van der Waals surface area contributed by atoms with Crippen LogP contribution in [0.2, 0.25) is 0 Å². The summed E-state index contributed by atoms with van der Waals surface area (Å²) in [5.74, 6) is 1.82. The fourth-order valence-electron chi connectivity index (χ4n) is 3.33. The van der Waals surface area contributed by atoms with Crippen LogP contribution >= 0.6 is 15.9 Å². The van der Waals surface area contributed by atoms with Crippen molar-refractivity contribution in [2.75, 3.05) is 26.2 Å². The van der Waals surface area contributed by atoms with Crippen LogP contribution in [0.25, 0.3) is 0 Å². The highest BCUT2D eigenvalue weighted by molar-refractivity contribution is 9.10. The third-order valence-electron chi connectivity index (χ3n) is 4.87. The number of furan rings is 1. The molecule has 0 spiro atoms. The molecule has 1 fully saturated rings. The van der Waals surface area contributed by atoms with E-state index in [2.05, 4.69) is 62.3 Å². The number of hydrogen-bond donors (Lipinski definition) is 2. The molecule has 1 aliphatic rings. The third-order valence-corrected chi connectivity index (χ3v) is 5.40. The standard InChI is InChI=1S/C22H29BrN4O/c1-2-12-24-22(25-13-9-21-4-3-16-28-21)26-20-10-14-27(15-11-20)17-18-5-7-19(23)8-6-18/h2-8,16,20H,1,9-15,17H2,(H2,24,25,26). The van der Waals surface area contributed by atoms with Crippen LogP contribution in [0.1, 0.15) is 24.2 Å². The first-order chi connectivity index (χ1) is 13.7. The molecule has 5 nitrogen and oxygen atoms in total. The molecule has 0 saturated carbocycles. The number of benzene rings is 1. The molecule has 2 aromatic rings. The van der Waals surface area contributed by atoms with Crippen molar-refractivity contribution in [1.29, 1.82) is 0 Å². The van der Waals surface area contributed by atoms with Crippen molar-refractivity contribution in [3.63, 3.8) is 0 Å². The molecule has 1 aromatic carbocycles. The van der Waals surface area contributed by atoms with Gasteiger partial charge < -0.3 is 15.1 Å². The Bertz CT molecular complexity index is 734. The summed E-state index contributed by atoms with van der Waals surface area (Å²) >= 11 is 3.50. The molecule has 0 atom stereocenters. The second kappa shape index (κ2) is 11.1. The van der Waals surface area contributed by atoms with Crippen LogP contribution in [-0.2, 0) is 13.0 Å². The molecule has 1 aromatic heterocycles. The number of piperidine rings is 1. The summed E-state index contributed by atoms with van der Waals surface area (Å²) in [7, 11) is 0. The van der Waals surface area contributed by atoms with E-state index in [-0.39, 0.29) is 0 Å². The second-order valence-electron chi connectivity index (χ2n) is 7.05. The second-order valence-corrected chi connectivity index (χ2v) is 7.97. The van der Waals surface area contributed by atoms with Gasteiger partial charge in [0.05, 0.1) is 6.26 Å². The van der Waals surface area contributed by atoms with Crippen molar-refractivity contribution in [3.8, 4) is 0 Å². The SMILES string of the molecule is C=CCNC(=NCCc1ccco1)NC1CCN(Cc2ccc(Br)cc2)CC1. The molecule has 150 valence electrons. The van der Waals surface area contributed by atoms with Gasteiger partial charge in [-0.15, -0.1) is 6.58 Å². The summed E-state index contributed by atoms with van der Waals surface area (Å²) in [6, 6.07) is 13.0. The van der Waals surface area contributed by atoms with Gasteiger partial charge in [0.2, 0.25) is 0 Å². The predicted molar refractivity (Wildman–Crippen MR) is 118 cm³/mol. The van der Waals surface area contributed by atoms with Crippen LogP contribution in [0.3, 0.4) is 0 Å². The monoisotopic (exact) mass is 444 g/mol. The zero-order chi connectivity index (χ0) is 19.6. The predicted octanol–water partition coefficient (Wildman–Crippen LogP) is 3.97. The minimum atomic E-state index is 0.445. The van der Waals surface area contributed by atoms with Crippen molar-refractivity contribution in [1.82, 2.24) is 15.5 Å². The summed E-state index contributed by atoms with van der Waals surface area (Å²) in [6.45, 7) is 8.38. The number of guanidine groups is 1. The Morgan fingerprint density at radius 3 is 2.71 bits per heavy atom. The molecule has 3 rings (SSSR count). The van der Waals surface area contributed by atoms with Gasteiger partial charge in [-0.1, -0.05) is 34.1 Å². The summed E-state index contributed by atoms with van der Waals surface area (Å²) in [4.78, 5) is 7.21. The Hall–Kier alpha value is -2.05. The average Bonchev–Trinajstić information content (AvgIpc) is 3.23. The quantitative estimate of drug-likeness (QED) is 0.367. The van der Waals surface area contributed by atoms with E-state index in [4.69, 9.17) is 9.41 Å². The van der Waals surface area contributed by atoms with Crippen molar-refractivity contribution in [2.24, 2.45) is 4.99 Å². The van der Waals surface area contributed by atoms with Gasteiger partial charge in [-0.2, -0.15) is 0 Å². The lowest BCUT2D eigenvalue weighted by Crippen LogP contribution is -2.48. The Morgan fingerprint density at radius 1 is 1.25 bits per heavy atom. The first-order valence-electron chi connectivity index (χ1n) is 9.88. The number of nitrogens with one attached hydrogen (secondary N) is 2. The number of halogens is 1. The van der Waals surface area contributed by atoms with E-state index in [1.807, 2.05) is 18.2 Å². The third kappa shape index (κ3) is 6.84. The molecule has 0 bridgehead atoms. The fourth-order valence-corrected chi connectivity index (χ4v) is 3.60. The van der Waals surface area contributed by atoms with Crippen LogP contribution in [-0.4, -0.2) is 43.1 Å². The number of rotatable bonds is 8. The van der Waals surface area contributed by atoms with E-state index >= 15 is 0 Å². The lowest BCUT2D eigenvalue weighted by atomic mass is 10.0. The largest absolute Gasteiger partial charge is 0.469 e. The molecular formula is C22H29BrN4O. The van der Waals surface area contributed by atoms with Crippen LogP contribution in [0.5, 0.6) is 0 Å². The van der Waals surface area contributed by atoms with Gasteiger partial charge in [-0.25, -0.2) is 0 Å². The highest BCUT2D eigenvalue weighted by atomic mass is 79.9. The van der Waals surface area contributed by atoms with Gasteiger partial charge in [-0.3, -0.25) is 9.89 Å². The first kappa shape index (κ1) is 20.7. The smallest absolute Gasteiger partial charge is 0.191 e. The Labute approximate surface area is 176 Å². The molecule has 1 aliphatic heterocycles. The van der Waals surface area contributed by atoms with Crippen LogP contribution in [0, 0.1) is 0 Å². The molecule has 6 heteroatoms. The normalized spacial score (nSPS) is 16.1. The van der Waals surface area contributed by atoms with Crippen molar-refractivity contribution in [2.45, 2.75) is 31.8 Å². The van der Waals surface area contributed by atoms with Crippen LogP contribution in [0.4, 0.5) is 0 Å². The fraction of sp³-hybridized carbons (Fsp3) is 0.409. The number of aliphatic imine (C=N–C) groups is 1. The number of hydrogen-bond acceptors (Lipinski definition) is 3. The zero-order valence-electron chi connectivity index (χ0n) is 16.2. The topological polar surface area (TPSA) is 52.8 Å². The molecule has 0 aliphatic carbocycles. The van der Waals surface area contributed by atoms with Gasteiger partial charge in [-0.05, 0) is 42.7 Å². The van der Waals surface area contributed by atoms with Gasteiger partial charge in [0.15, 0.2) is 5.96 Å². The Balaban J connectivity index is 1.45. The Kier molecular flexibility index (Phi) is 8.18. The minimum absolute atomic E-state index is 0.445. The summed E-state index contributed by atoms with van der Waals surface area (Å²) in [6.07, 6.45) is 6.59.